The lowest BCUT2D eigenvalue weighted by Gasteiger charge is -2.11. The third kappa shape index (κ3) is 3.66. The summed E-state index contributed by atoms with van der Waals surface area (Å²) in [5.74, 6) is 0.867. The fraction of sp³-hybridized carbons (Fsp3) is 0.167. The molecule has 0 amide bonds. The zero-order chi connectivity index (χ0) is 17.9. The summed E-state index contributed by atoms with van der Waals surface area (Å²) in [6.07, 6.45) is 0.717. The average Bonchev–Trinajstić information content (AvgIpc) is 3.09. The van der Waals surface area contributed by atoms with Crippen LogP contribution in [0.15, 0.2) is 64.0 Å². The molecule has 25 heavy (non-hydrogen) atoms. The lowest BCUT2D eigenvalue weighted by atomic mass is 10.2. The first kappa shape index (κ1) is 17.0. The zero-order valence-corrected chi connectivity index (χ0v) is 14.7. The number of methoxy groups -OCH3 is 1. The van der Waals surface area contributed by atoms with Gasteiger partial charge in [-0.1, -0.05) is 48.5 Å². The molecular formula is C18H18N2O4S. The van der Waals surface area contributed by atoms with Crippen LogP contribution in [0.3, 0.4) is 0 Å². The van der Waals surface area contributed by atoms with Gasteiger partial charge in [-0.25, -0.2) is 8.42 Å². The molecule has 0 bridgehead atoms. The van der Waals surface area contributed by atoms with Gasteiger partial charge in [0.15, 0.2) is 11.6 Å². The van der Waals surface area contributed by atoms with Crippen molar-refractivity contribution in [1.29, 1.82) is 0 Å². The van der Waals surface area contributed by atoms with E-state index in [2.05, 4.69) is 9.88 Å². The van der Waals surface area contributed by atoms with Crippen LogP contribution in [0.25, 0.3) is 11.3 Å². The summed E-state index contributed by atoms with van der Waals surface area (Å²) in [6, 6.07) is 15.9. The summed E-state index contributed by atoms with van der Waals surface area (Å²) in [7, 11) is -2.42. The molecule has 0 spiro atoms. The van der Waals surface area contributed by atoms with Crippen LogP contribution < -0.4 is 9.46 Å². The lowest BCUT2D eigenvalue weighted by molar-refractivity contribution is 0.402. The molecule has 0 fully saturated rings. The quantitative estimate of drug-likeness (QED) is 0.726. The summed E-state index contributed by atoms with van der Waals surface area (Å²) < 4.78 is 38.3. The molecule has 1 heterocycles. The highest BCUT2D eigenvalue weighted by molar-refractivity contribution is 7.92. The lowest BCUT2D eigenvalue weighted by Crippen LogP contribution is -2.14. The molecule has 0 saturated heterocycles. The third-order valence-corrected chi connectivity index (χ3v) is 5.11. The number of ether oxygens (including phenoxy) is 1. The van der Waals surface area contributed by atoms with Gasteiger partial charge >= 0.3 is 0 Å². The smallest absolute Gasteiger partial charge is 0.266 e. The van der Waals surface area contributed by atoms with Crippen molar-refractivity contribution in [2.75, 3.05) is 11.8 Å². The van der Waals surface area contributed by atoms with Gasteiger partial charge in [0.1, 0.15) is 10.6 Å². The van der Waals surface area contributed by atoms with Crippen LogP contribution in [0.5, 0.6) is 5.75 Å². The molecule has 1 aromatic heterocycles. The van der Waals surface area contributed by atoms with Crippen LogP contribution in [-0.4, -0.2) is 20.7 Å². The Morgan fingerprint density at radius 1 is 1.12 bits per heavy atom. The molecule has 3 aromatic rings. The summed E-state index contributed by atoms with van der Waals surface area (Å²) in [4.78, 5) is 0.0682. The Balaban J connectivity index is 1.91. The largest absolute Gasteiger partial charge is 0.495 e. The van der Waals surface area contributed by atoms with E-state index in [0.29, 0.717) is 12.2 Å². The molecule has 0 aliphatic heterocycles. The first-order valence-electron chi connectivity index (χ1n) is 7.75. The van der Waals surface area contributed by atoms with Crippen LogP contribution in [0.1, 0.15) is 12.5 Å². The Kier molecular flexibility index (Phi) is 4.76. The zero-order valence-electron chi connectivity index (χ0n) is 13.9. The molecule has 0 atom stereocenters. The molecule has 0 aliphatic rings. The maximum absolute atomic E-state index is 12.7. The molecule has 0 aliphatic carbocycles. The molecule has 7 heteroatoms. The van der Waals surface area contributed by atoms with Gasteiger partial charge in [-0.15, -0.1) is 0 Å². The molecule has 1 N–H and O–H groups in total. The summed E-state index contributed by atoms with van der Waals surface area (Å²) in [5, 5.41) is 3.80. The van der Waals surface area contributed by atoms with Crippen molar-refractivity contribution in [3.63, 3.8) is 0 Å². The standard InChI is InChI=1S/C18H18N2O4S/c1-3-13-9-10-15(23-2)17(11-13)25(21,22)20-18-12-16(24-19-18)14-7-5-4-6-8-14/h4-12H,3H2,1-2H3,(H,19,20). The maximum Gasteiger partial charge on any atom is 0.266 e. The Morgan fingerprint density at radius 3 is 2.56 bits per heavy atom. The van der Waals surface area contributed by atoms with Crippen molar-refractivity contribution in [2.24, 2.45) is 0 Å². The summed E-state index contributed by atoms with van der Waals surface area (Å²) >= 11 is 0. The molecule has 0 saturated carbocycles. The molecule has 0 radical (unpaired) electrons. The Hall–Kier alpha value is -2.80. The summed E-state index contributed by atoms with van der Waals surface area (Å²) in [6.45, 7) is 1.95. The maximum atomic E-state index is 12.7. The second-order valence-corrected chi connectivity index (χ2v) is 7.04. The van der Waals surface area contributed by atoms with Gasteiger partial charge in [-0.05, 0) is 24.1 Å². The van der Waals surface area contributed by atoms with Gasteiger partial charge in [-0.2, -0.15) is 0 Å². The van der Waals surface area contributed by atoms with Crippen molar-refractivity contribution < 1.29 is 17.7 Å². The minimum absolute atomic E-state index is 0.0682. The minimum atomic E-state index is -3.86. The van der Waals surface area contributed by atoms with E-state index < -0.39 is 10.0 Å². The number of rotatable bonds is 6. The highest BCUT2D eigenvalue weighted by atomic mass is 32.2. The number of anilines is 1. The number of benzene rings is 2. The molecule has 3 rings (SSSR count). The highest BCUT2D eigenvalue weighted by Gasteiger charge is 2.22. The van der Waals surface area contributed by atoms with E-state index in [0.717, 1.165) is 11.1 Å². The van der Waals surface area contributed by atoms with Gasteiger partial charge in [0.05, 0.1) is 7.11 Å². The van der Waals surface area contributed by atoms with Gasteiger partial charge in [-0.3, -0.25) is 4.72 Å². The average molecular weight is 358 g/mol. The molecule has 130 valence electrons. The number of aryl methyl sites for hydroxylation is 1. The number of hydrogen-bond acceptors (Lipinski definition) is 5. The van der Waals surface area contributed by atoms with Crippen LogP contribution in [-0.2, 0) is 16.4 Å². The van der Waals surface area contributed by atoms with E-state index in [1.807, 2.05) is 43.3 Å². The Morgan fingerprint density at radius 2 is 1.88 bits per heavy atom. The Bertz CT molecular complexity index is 966. The van der Waals surface area contributed by atoms with Crippen LogP contribution in [0.2, 0.25) is 0 Å². The topological polar surface area (TPSA) is 81.4 Å². The van der Waals surface area contributed by atoms with Crippen LogP contribution in [0.4, 0.5) is 5.82 Å². The second-order valence-electron chi connectivity index (χ2n) is 5.39. The van der Waals surface area contributed by atoms with E-state index in [1.54, 1.807) is 18.2 Å². The normalized spacial score (nSPS) is 11.3. The monoisotopic (exact) mass is 358 g/mol. The van der Waals surface area contributed by atoms with Crippen LogP contribution in [0, 0.1) is 0 Å². The fourth-order valence-electron chi connectivity index (χ4n) is 2.41. The number of aromatic nitrogens is 1. The predicted octanol–water partition coefficient (Wildman–Crippen LogP) is 3.71. The number of nitrogens with one attached hydrogen (secondary N) is 1. The highest BCUT2D eigenvalue weighted by Crippen LogP contribution is 2.28. The van der Waals surface area contributed by atoms with Crippen molar-refractivity contribution in [3.05, 3.63) is 60.2 Å². The minimum Gasteiger partial charge on any atom is -0.495 e. The molecule has 0 unspecified atom stereocenters. The third-order valence-electron chi connectivity index (χ3n) is 3.73. The van der Waals surface area contributed by atoms with Crippen molar-refractivity contribution in [3.8, 4) is 17.1 Å². The van der Waals surface area contributed by atoms with E-state index in [9.17, 15) is 8.42 Å². The van der Waals surface area contributed by atoms with E-state index >= 15 is 0 Å². The molecule has 2 aromatic carbocycles. The van der Waals surface area contributed by atoms with Gasteiger partial charge in [0.2, 0.25) is 0 Å². The Labute approximate surface area is 146 Å². The van der Waals surface area contributed by atoms with Gasteiger partial charge in [0.25, 0.3) is 10.0 Å². The summed E-state index contributed by atoms with van der Waals surface area (Å²) in [5.41, 5.74) is 1.71. The van der Waals surface area contributed by atoms with E-state index in [4.69, 9.17) is 9.26 Å². The van der Waals surface area contributed by atoms with E-state index in [1.165, 1.54) is 7.11 Å². The van der Waals surface area contributed by atoms with Gasteiger partial charge in [0, 0.05) is 11.6 Å². The number of sulfonamides is 1. The van der Waals surface area contributed by atoms with E-state index in [-0.39, 0.29) is 16.5 Å². The number of hydrogen-bond donors (Lipinski definition) is 1. The van der Waals surface area contributed by atoms with Crippen molar-refractivity contribution >= 4 is 15.8 Å². The van der Waals surface area contributed by atoms with Crippen molar-refractivity contribution in [2.45, 2.75) is 18.2 Å². The number of nitrogens with zero attached hydrogens (tertiary/aromatic N) is 1. The van der Waals surface area contributed by atoms with Gasteiger partial charge < -0.3 is 9.26 Å². The van der Waals surface area contributed by atoms with Crippen molar-refractivity contribution in [1.82, 2.24) is 5.16 Å². The first-order chi connectivity index (χ1) is 12.0. The second kappa shape index (κ2) is 6.98. The SMILES string of the molecule is CCc1ccc(OC)c(S(=O)(=O)Nc2cc(-c3ccccc3)on2)c1. The molecule has 6 nitrogen and oxygen atoms in total. The van der Waals surface area contributed by atoms with Crippen LogP contribution >= 0.6 is 0 Å². The fourth-order valence-corrected chi connectivity index (χ4v) is 3.61. The first-order valence-corrected chi connectivity index (χ1v) is 9.23. The predicted molar refractivity (Wildman–Crippen MR) is 95.1 cm³/mol. The molecular weight excluding hydrogens is 340 g/mol.